The first kappa shape index (κ1) is 14.4. The van der Waals surface area contributed by atoms with Gasteiger partial charge in [0.25, 0.3) is 5.56 Å². The molecule has 0 aliphatic carbocycles. The Kier molecular flexibility index (Phi) is 3.98. The molecular formula is C18H14ClNO2. The first-order valence-electron chi connectivity index (χ1n) is 6.83. The summed E-state index contributed by atoms with van der Waals surface area (Å²) in [6, 6.07) is 18.9. The second kappa shape index (κ2) is 6.08. The highest BCUT2D eigenvalue weighted by Gasteiger charge is 2.10. The molecule has 110 valence electrons. The molecule has 0 unspecified atom stereocenters. The van der Waals surface area contributed by atoms with Crippen LogP contribution in [-0.2, 0) is 7.05 Å². The Morgan fingerprint density at radius 1 is 1.00 bits per heavy atom. The molecule has 0 fully saturated rings. The summed E-state index contributed by atoms with van der Waals surface area (Å²) in [6.07, 6.45) is 1.75. The molecule has 4 heteroatoms. The van der Waals surface area contributed by atoms with Gasteiger partial charge in [0.15, 0.2) is 0 Å². The topological polar surface area (TPSA) is 31.2 Å². The van der Waals surface area contributed by atoms with E-state index in [4.69, 9.17) is 16.3 Å². The van der Waals surface area contributed by atoms with E-state index < -0.39 is 0 Å². The van der Waals surface area contributed by atoms with Crippen molar-refractivity contribution < 1.29 is 4.74 Å². The van der Waals surface area contributed by atoms with Crippen LogP contribution in [0.4, 0.5) is 0 Å². The molecule has 1 heterocycles. The third-order valence-electron chi connectivity index (χ3n) is 3.31. The van der Waals surface area contributed by atoms with E-state index in [1.165, 1.54) is 4.57 Å². The SMILES string of the molecule is Cn1cc(-c2ccccc2Oc2ccccc2)cc(Cl)c1=O. The highest BCUT2D eigenvalue weighted by Crippen LogP contribution is 2.33. The van der Waals surface area contributed by atoms with Crippen molar-refractivity contribution in [3.63, 3.8) is 0 Å². The maximum absolute atomic E-state index is 11.7. The molecule has 3 nitrogen and oxygen atoms in total. The number of nitrogens with zero attached hydrogens (tertiary/aromatic N) is 1. The fourth-order valence-corrected chi connectivity index (χ4v) is 2.48. The van der Waals surface area contributed by atoms with E-state index in [0.29, 0.717) is 5.75 Å². The first-order valence-corrected chi connectivity index (χ1v) is 7.21. The van der Waals surface area contributed by atoms with Gasteiger partial charge in [-0.05, 0) is 24.3 Å². The molecule has 3 rings (SSSR count). The van der Waals surface area contributed by atoms with Crippen LogP contribution in [0.1, 0.15) is 0 Å². The lowest BCUT2D eigenvalue weighted by Gasteiger charge is -2.12. The number of para-hydroxylation sites is 2. The van der Waals surface area contributed by atoms with Crippen LogP contribution in [0.2, 0.25) is 5.02 Å². The van der Waals surface area contributed by atoms with E-state index in [9.17, 15) is 4.79 Å². The quantitative estimate of drug-likeness (QED) is 0.713. The minimum Gasteiger partial charge on any atom is -0.457 e. The molecule has 0 spiro atoms. The zero-order valence-electron chi connectivity index (χ0n) is 12.0. The van der Waals surface area contributed by atoms with Crippen LogP contribution < -0.4 is 10.3 Å². The zero-order valence-corrected chi connectivity index (χ0v) is 12.7. The summed E-state index contributed by atoms with van der Waals surface area (Å²) in [6.45, 7) is 0. The molecule has 22 heavy (non-hydrogen) atoms. The molecule has 0 saturated heterocycles. The largest absolute Gasteiger partial charge is 0.457 e. The molecule has 0 bridgehead atoms. The van der Waals surface area contributed by atoms with Crippen LogP contribution in [0.25, 0.3) is 11.1 Å². The Labute approximate surface area is 133 Å². The van der Waals surface area contributed by atoms with Gasteiger partial charge in [0.1, 0.15) is 16.5 Å². The van der Waals surface area contributed by atoms with Gasteiger partial charge in [0.05, 0.1) is 0 Å². The van der Waals surface area contributed by atoms with Gasteiger partial charge in [-0.2, -0.15) is 0 Å². The number of ether oxygens (including phenoxy) is 1. The molecule has 0 radical (unpaired) electrons. The summed E-state index contributed by atoms with van der Waals surface area (Å²) in [5, 5.41) is 0.189. The van der Waals surface area contributed by atoms with E-state index in [1.54, 1.807) is 19.3 Å². The van der Waals surface area contributed by atoms with Gasteiger partial charge in [0.2, 0.25) is 0 Å². The van der Waals surface area contributed by atoms with Gasteiger partial charge >= 0.3 is 0 Å². The zero-order chi connectivity index (χ0) is 15.5. The number of benzene rings is 2. The molecule has 1 aromatic heterocycles. The van der Waals surface area contributed by atoms with Gasteiger partial charge in [0, 0.05) is 24.4 Å². The first-order chi connectivity index (χ1) is 10.6. The lowest BCUT2D eigenvalue weighted by Crippen LogP contribution is -2.16. The van der Waals surface area contributed by atoms with E-state index in [1.807, 2.05) is 54.6 Å². The number of aryl methyl sites for hydroxylation is 1. The summed E-state index contributed by atoms with van der Waals surface area (Å²) < 4.78 is 7.41. The summed E-state index contributed by atoms with van der Waals surface area (Å²) in [5.41, 5.74) is 1.49. The number of hydrogen-bond acceptors (Lipinski definition) is 2. The predicted molar refractivity (Wildman–Crippen MR) is 88.6 cm³/mol. The number of rotatable bonds is 3. The van der Waals surface area contributed by atoms with Crippen molar-refractivity contribution in [1.29, 1.82) is 0 Å². The van der Waals surface area contributed by atoms with Crippen LogP contribution in [-0.4, -0.2) is 4.57 Å². The van der Waals surface area contributed by atoms with Crippen LogP contribution in [0.3, 0.4) is 0 Å². The molecule has 0 saturated carbocycles. The van der Waals surface area contributed by atoms with Gasteiger partial charge in [-0.3, -0.25) is 4.79 Å². The summed E-state index contributed by atoms with van der Waals surface area (Å²) in [5.74, 6) is 1.47. The maximum Gasteiger partial charge on any atom is 0.269 e. The van der Waals surface area contributed by atoms with Crippen molar-refractivity contribution in [1.82, 2.24) is 4.57 Å². The Hall–Kier alpha value is -2.52. The third-order valence-corrected chi connectivity index (χ3v) is 3.58. The Balaban J connectivity index is 2.07. The average Bonchev–Trinajstić information content (AvgIpc) is 2.54. The van der Waals surface area contributed by atoms with Crippen LogP contribution >= 0.6 is 11.6 Å². The molecule has 2 aromatic carbocycles. The lowest BCUT2D eigenvalue weighted by molar-refractivity contribution is 0.484. The number of pyridine rings is 1. The van der Waals surface area contributed by atoms with Gasteiger partial charge < -0.3 is 9.30 Å². The van der Waals surface area contributed by atoms with Crippen molar-refractivity contribution in [3.8, 4) is 22.6 Å². The Bertz CT molecular complexity index is 830. The van der Waals surface area contributed by atoms with Gasteiger partial charge in [-0.1, -0.05) is 48.0 Å². The van der Waals surface area contributed by atoms with Crippen molar-refractivity contribution >= 4 is 11.6 Å². The monoisotopic (exact) mass is 311 g/mol. The second-order valence-corrected chi connectivity index (χ2v) is 5.31. The maximum atomic E-state index is 11.7. The standard InChI is InChI=1S/C18H14ClNO2/c1-20-12-13(11-16(19)18(20)21)15-9-5-6-10-17(15)22-14-7-3-2-4-8-14/h2-12H,1H3. The van der Waals surface area contributed by atoms with Crippen molar-refractivity contribution in [3.05, 3.63) is 82.2 Å². The minimum atomic E-state index is -0.216. The third kappa shape index (κ3) is 2.90. The summed E-state index contributed by atoms with van der Waals surface area (Å²) in [4.78, 5) is 11.7. The Morgan fingerprint density at radius 3 is 2.41 bits per heavy atom. The second-order valence-electron chi connectivity index (χ2n) is 4.90. The molecule has 0 atom stereocenters. The number of aromatic nitrogens is 1. The van der Waals surface area contributed by atoms with Crippen molar-refractivity contribution in [2.24, 2.45) is 7.05 Å². The molecule has 0 amide bonds. The fraction of sp³-hybridized carbons (Fsp3) is 0.0556. The molecule has 0 N–H and O–H groups in total. The molecule has 0 aliphatic rings. The predicted octanol–water partition coefficient (Wildman–Crippen LogP) is 4.50. The smallest absolute Gasteiger partial charge is 0.269 e. The normalized spacial score (nSPS) is 10.5. The Morgan fingerprint density at radius 2 is 1.68 bits per heavy atom. The van der Waals surface area contributed by atoms with E-state index in [2.05, 4.69) is 0 Å². The molecule has 0 aliphatic heterocycles. The van der Waals surface area contributed by atoms with E-state index >= 15 is 0 Å². The number of hydrogen-bond donors (Lipinski definition) is 0. The minimum absolute atomic E-state index is 0.189. The fourth-order valence-electron chi connectivity index (χ4n) is 2.23. The number of halogens is 1. The average molecular weight is 312 g/mol. The van der Waals surface area contributed by atoms with Crippen molar-refractivity contribution in [2.45, 2.75) is 0 Å². The van der Waals surface area contributed by atoms with E-state index in [0.717, 1.165) is 16.9 Å². The van der Waals surface area contributed by atoms with Gasteiger partial charge in [-0.25, -0.2) is 0 Å². The summed E-state index contributed by atoms with van der Waals surface area (Å²) in [7, 11) is 1.68. The van der Waals surface area contributed by atoms with Crippen molar-refractivity contribution in [2.75, 3.05) is 0 Å². The highest BCUT2D eigenvalue weighted by molar-refractivity contribution is 6.30. The van der Waals surface area contributed by atoms with Crippen LogP contribution in [0.15, 0.2) is 71.7 Å². The molecule has 3 aromatic rings. The van der Waals surface area contributed by atoms with E-state index in [-0.39, 0.29) is 10.6 Å². The summed E-state index contributed by atoms with van der Waals surface area (Å²) >= 11 is 6.01. The highest BCUT2D eigenvalue weighted by atomic mass is 35.5. The lowest BCUT2D eigenvalue weighted by atomic mass is 10.1. The van der Waals surface area contributed by atoms with Gasteiger partial charge in [-0.15, -0.1) is 0 Å². The molecular weight excluding hydrogens is 298 g/mol. The van der Waals surface area contributed by atoms with Crippen LogP contribution in [0.5, 0.6) is 11.5 Å². The van der Waals surface area contributed by atoms with Crippen LogP contribution in [0, 0.1) is 0 Å².